The van der Waals surface area contributed by atoms with Gasteiger partial charge >= 0.3 is 5.97 Å². The SMILES string of the molecule is CCC(=O)Nc1ccc(C(=O)COC(=O)[C@H](CC)c2ccccc2)cc1. The molecule has 0 fully saturated rings. The molecule has 0 saturated carbocycles. The summed E-state index contributed by atoms with van der Waals surface area (Å²) in [5, 5.41) is 2.71. The third-order valence-corrected chi connectivity index (χ3v) is 4.05. The van der Waals surface area contributed by atoms with E-state index in [1.165, 1.54) is 0 Å². The second kappa shape index (κ2) is 9.51. The predicted molar refractivity (Wildman–Crippen MR) is 100 cm³/mol. The lowest BCUT2D eigenvalue weighted by atomic mass is 9.97. The highest BCUT2D eigenvalue weighted by molar-refractivity contribution is 5.99. The number of nitrogens with one attached hydrogen (secondary N) is 1. The number of carbonyl (C=O) groups is 3. The van der Waals surface area contributed by atoms with Crippen LogP contribution < -0.4 is 5.32 Å². The molecule has 5 nitrogen and oxygen atoms in total. The number of carbonyl (C=O) groups excluding carboxylic acids is 3. The van der Waals surface area contributed by atoms with Crippen LogP contribution in [0.15, 0.2) is 54.6 Å². The van der Waals surface area contributed by atoms with Crippen LogP contribution in [0, 0.1) is 0 Å². The minimum Gasteiger partial charge on any atom is -0.457 e. The summed E-state index contributed by atoms with van der Waals surface area (Å²) in [7, 11) is 0. The van der Waals surface area contributed by atoms with Gasteiger partial charge in [0.2, 0.25) is 5.91 Å². The van der Waals surface area contributed by atoms with Crippen molar-refractivity contribution >= 4 is 23.3 Å². The van der Waals surface area contributed by atoms with Gasteiger partial charge in [0, 0.05) is 17.7 Å². The summed E-state index contributed by atoms with van der Waals surface area (Å²) in [6, 6.07) is 15.9. The molecule has 2 aromatic carbocycles. The average Bonchev–Trinajstić information content (AvgIpc) is 2.68. The zero-order valence-electron chi connectivity index (χ0n) is 15.0. The molecule has 0 bridgehead atoms. The number of hydrogen-bond donors (Lipinski definition) is 1. The second-order valence-corrected chi connectivity index (χ2v) is 5.88. The maximum atomic E-state index is 12.3. The maximum Gasteiger partial charge on any atom is 0.313 e. The highest BCUT2D eigenvalue weighted by Crippen LogP contribution is 2.21. The Bertz CT molecular complexity index is 753. The topological polar surface area (TPSA) is 72.5 Å². The number of ketones is 1. The van der Waals surface area contributed by atoms with E-state index in [4.69, 9.17) is 4.74 Å². The highest BCUT2D eigenvalue weighted by atomic mass is 16.5. The minimum absolute atomic E-state index is 0.0930. The molecule has 0 heterocycles. The van der Waals surface area contributed by atoms with Crippen LogP contribution in [0.4, 0.5) is 5.69 Å². The van der Waals surface area contributed by atoms with E-state index in [1.54, 1.807) is 31.2 Å². The van der Waals surface area contributed by atoms with Crippen molar-refractivity contribution in [3.63, 3.8) is 0 Å². The molecule has 1 amide bonds. The Labute approximate surface area is 153 Å². The molecule has 0 radical (unpaired) electrons. The number of hydrogen-bond acceptors (Lipinski definition) is 4. The Morgan fingerprint density at radius 1 is 0.962 bits per heavy atom. The Balaban J connectivity index is 1.93. The number of amides is 1. The summed E-state index contributed by atoms with van der Waals surface area (Å²) in [5.41, 5.74) is 1.93. The third-order valence-electron chi connectivity index (χ3n) is 4.05. The van der Waals surface area contributed by atoms with Crippen molar-refractivity contribution in [1.29, 1.82) is 0 Å². The van der Waals surface area contributed by atoms with Gasteiger partial charge in [0.15, 0.2) is 12.4 Å². The molecule has 26 heavy (non-hydrogen) atoms. The molecule has 1 N–H and O–H groups in total. The van der Waals surface area contributed by atoms with Gasteiger partial charge < -0.3 is 10.1 Å². The third kappa shape index (κ3) is 5.28. The molecule has 0 spiro atoms. The number of esters is 1. The van der Waals surface area contributed by atoms with Crippen LogP contribution in [-0.2, 0) is 14.3 Å². The fourth-order valence-electron chi connectivity index (χ4n) is 2.53. The number of anilines is 1. The average molecular weight is 353 g/mol. The largest absolute Gasteiger partial charge is 0.457 e. The van der Waals surface area contributed by atoms with Gasteiger partial charge in [-0.05, 0) is 36.2 Å². The zero-order valence-corrected chi connectivity index (χ0v) is 15.0. The number of Topliss-reactive ketones (excluding diaryl/α,β-unsaturated/α-hetero) is 1. The van der Waals surface area contributed by atoms with E-state index in [2.05, 4.69) is 5.32 Å². The van der Waals surface area contributed by atoms with Gasteiger partial charge in [0.25, 0.3) is 0 Å². The first kappa shape index (κ1) is 19.4. The quantitative estimate of drug-likeness (QED) is 0.576. The highest BCUT2D eigenvalue weighted by Gasteiger charge is 2.21. The number of ether oxygens (including phenoxy) is 1. The molecule has 1 atom stereocenters. The van der Waals surface area contributed by atoms with Crippen LogP contribution in [0.1, 0.15) is 48.5 Å². The Hall–Kier alpha value is -2.95. The maximum absolute atomic E-state index is 12.3. The molecule has 0 aliphatic rings. The first-order valence-electron chi connectivity index (χ1n) is 8.69. The van der Waals surface area contributed by atoms with Crippen LogP contribution in [0.2, 0.25) is 0 Å². The molecule has 0 saturated heterocycles. The normalized spacial score (nSPS) is 11.5. The Morgan fingerprint density at radius 2 is 1.62 bits per heavy atom. The van der Waals surface area contributed by atoms with Gasteiger partial charge in [-0.2, -0.15) is 0 Å². The van der Waals surface area contributed by atoms with Crippen molar-refractivity contribution in [3.05, 3.63) is 65.7 Å². The predicted octanol–water partition coefficient (Wildman–Crippen LogP) is 3.95. The fourth-order valence-corrected chi connectivity index (χ4v) is 2.53. The summed E-state index contributed by atoms with van der Waals surface area (Å²) in [5.74, 6) is -1.16. The summed E-state index contributed by atoms with van der Waals surface area (Å²) < 4.78 is 5.22. The van der Waals surface area contributed by atoms with Crippen molar-refractivity contribution in [2.75, 3.05) is 11.9 Å². The summed E-state index contributed by atoms with van der Waals surface area (Å²) in [6.07, 6.45) is 0.986. The van der Waals surface area contributed by atoms with Gasteiger partial charge in [0.05, 0.1) is 5.92 Å². The first-order chi connectivity index (χ1) is 12.5. The van der Waals surface area contributed by atoms with Crippen LogP contribution in [-0.4, -0.2) is 24.3 Å². The van der Waals surface area contributed by atoms with Crippen molar-refractivity contribution in [2.45, 2.75) is 32.6 Å². The molecule has 2 aromatic rings. The van der Waals surface area contributed by atoms with Crippen LogP contribution >= 0.6 is 0 Å². The van der Waals surface area contributed by atoms with E-state index >= 15 is 0 Å². The van der Waals surface area contributed by atoms with Crippen molar-refractivity contribution in [2.24, 2.45) is 0 Å². The van der Waals surface area contributed by atoms with E-state index in [-0.39, 0.29) is 24.2 Å². The molecule has 5 heteroatoms. The van der Waals surface area contributed by atoms with Gasteiger partial charge in [-0.3, -0.25) is 14.4 Å². The molecule has 2 rings (SSSR count). The first-order valence-corrected chi connectivity index (χ1v) is 8.69. The summed E-state index contributed by atoms with van der Waals surface area (Å²) >= 11 is 0. The van der Waals surface area contributed by atoms with Gasteiger partial charge in [0.1, 0.15) is 0 Å². The molecule has 0 aliphatic carbocycles. The number of benzene rings is 2. The lowest BCUT2D eigenvalue weighted by Crippen LogP contribution is -2.20. The van der Waals surface area contributed by atoms with E-state index < -0.39 is 5.97 Å². The van der Waals surface area contributed by atoms with E-state index in [1.807, 2.05) is 37.3 Å². The summed E-state index contributed by atoms with van der Waals surface area (Å²) in [4.78, 5) is 35.9. The Kier molecular flexibility index (Phi) is 7.09. The van der Waals surface area contributed by atoms with Crippen molar-refractivity contribution in [3.8, 4) is 0 Å². The smallest absolute Gasteiger partial charge is 0.313 e. The van der Waals surface area contributed by atoms with Crippen LogP contribution in [0.25, 0.3) is 0 Å². The van der Waals surface area contributed by atoms with Crippen LogP contribution in [0.3, 0.4) is 0 Å². The molecule has 0 unspecified atom stereocenters. The molecular formula is C21H23NO4. The number of rotatable bonds is 8. The van der Waals surface area contributed by atoms with Gasteiger partial charge in [-0.15, -0.1) is 0 Å². The zero-order chi connectivity index (χ0) is 18.9. The lowest BCUT2D eigenvalue weighted by molar-refractivity contribution is -0.144. The Morgan fingerprint density at radius 3 is 2.19 bits per heavy atom. The fraction of sp³-hybridized carbons (Fsp3) is 0.286. The van der Waals surface area contributed by atoms with E-state index in [0.717, 1.165) is 5.56 Å². The van der Waals surface area contributed by atoms with E-state index in [9.17, 15) is 14.4 Å². The monoisotopic (exact) mass is 353 g/mol. The van der Waals surface area contributed by atoms with Crippen molar-refractivity contribution in [1.82, 2.24) is 0 Å². The van der Waals surface area contributed by atoms with Gasteiger partial charge in [-0.25, -0.2) is 0 Å². The molecular weight excluding hydrogens is 330 g/mol. The molecule has 136 valence electrons. The van der Waals surface area contributed by atoms with Crippen molar-refractivity contribution < 1.29 is 19.1 Å². The van der Waals surface area contributed by atoms with E-state index in [0.29, 0.717) is 24.1 Å². The standard InChI is InChI=1S/C21H23NO4/c1-3-18(15-8-6-5-7-9-15)21(25)26-14-19(23)16-10-12-17(13-11-16)22-20(24)4-2/h5-13,18H,3-4,14H2,1-2H3,(H,22,24)/t18-/m1/s1. The van der Waals surface area contributed by atoms with Gasteiger partial charge in [-0.1, -0.05) is 44.2 Å². The molecule has 0 aliphatic heterocycles. The lowest BCUT2D eigenvalue weighted by Gasteiger charge is -2.14. The molecule has 0 aromatic heterocycles. The minimum atomic E-state index is -0.404. The second-order valence-electron chi connectivity index (χ2n) is 5.88. The van der Waals surface area contributed by atoms with Crippen LogP contribution in [0.5, 0.6) is 0 Å². The summed E-state index contributed by atoms with van der Waals surface area (Å²) in [6.45, 7) is 3.37.